The normalized spacial score (nSPS) is 28.5. The maximum absolute atomic E-state index is 13.0. The van der Waals surface area contributed by atoms with Crippen LogP contribution in [0.1, 0.15) is 11.1 Å². The molecule has 2 rings (SSSR count). The van der Waals surface area contributed by atoms with Crippen molar-refractivity contribution in [1.29, 1.82) is 0 Å². The molecule has 0 radical (unpaired) electrons. The van der Waals surface area contributed by atoms with Crippen LogP contribution in [0.15, 0.2) is 23.1 Å². The lowest BCUT2D eigenvalue weighted by Crippen LogP contribution is -2.60. The Morgan fingerprint density at radius 2 is 1.50 bits per heavy atom. The first-order chi connectivity index (χ1) is 13.6. The molecule has 0 bridgehead atoms. The molecule has 15 heteroatoms. The molecule has 0 saturated carbocycles. The molecule has 30 heavy (non-hydrogen) atoms. The molecule has 1 fully saturated rings. The Bertz CT molecular complexity index is 807. The van der Waals surface area contributed by atoms with Crippen LogP contribution in [-0.2, 0) is 36.1 Å². The Kier molecular flexibility index (Phi) is 7.07. The van der Waals surface area contributed by atoms with E-state index in [9.17, 15) is 45.0 Å². The van der Waals surface area contributed by atoms with Crippen molar-refractivity contribution in [2.75, 3.05) is 13.7 Å². The molecule has 3 N–H and O–H groups in total. The van der Waals surface area contributed by atoms with E-state index in [0.29, 0.717) is 0 Å². The highest BCUT2D eigenvalue weighted by atomic mass is 32.2. The number of ether oxygens (including phenoxy) is 2. The topological polar surface area (TPSA) is 123 Å². The first kappa shape index (κ1) is 24.8. The molecule has 1 saturated heterocycles. The second-order valence-electron chi connectivity index (χ2n) is 6.20. The molecule has 1 heterocycles. The van der Waals surface area contributed by atoms with Gasteiger partial charge in [-0.2, -0.15) is 34.8 Å². The number of benzene rings is 1. The fourth-order valence-electron chi connectivity index (χ4n) is 2.63. The van der Waals surface area contributed by atoms with E-state index >= 15 is 0 Å². The van der Waals surface area contributed by atoms with Gasteiger partial charge in [0.25, 0.3) is 10.1 Å². The molecule has 172 valence electrons. The van der Waals surface area contributed by atoms with Crippen molar-refractivity contribution < 1.29 is 63.7 Å². The molecule has 1 aromatic rings. The Labute approximate surface area is 165 Å². The van der Waals surface area contributed by atoms with Gasteiger partial charge in [0.1, 0.15) is 24.4 Å². The molecule has 0 aromatic heterocycles. The van der Waals surface area contributed by atoms with Gasteiger partial charge in [-0.1, -0.05) is 0 Å². The van der Waals surface area contributed by atoms with Crippen LogP contribution in [0.25, 0.3) is 0 Å². The zero-order chi connectivity index (χ0) is 23.1. The van der Waals surface area contributed by atoms with Gasteiger partial charge in [0, 0.05) is 7.11 Å². The highest BCUT2D eigenvalue weighted by Gasteiger charge is 2.48. The average Bonchev–Trinajstić information content (AvgIpc) is 2.63. The lowest BCUT2D eigenvalue weighted by Gasteiger charge is -2.40. The van der Waals surface area contributed by atoms with Crippen LogP contribution in [0.5, 0.6) is 0 Å². The lowest BCUT2D eigenvalue weighted by molar-refractivity contribution is -0.289. The summed E-state index contributed by atoms with van der Waals surface area (Å²) in [7, 11) is -4.36. The summed E-state index contributed by atoms with van der Waals surface area (Å²) >= 11 is 0. The van der Waals surface area contributed by atoms with Gasteiger partial charge in [-0.25, -0.2) is 0 Å². The molecule has 5 atom stereocenters. The second-order valence-corrected chi connectivity index (χ2v) is 7.77. The van der Waals surface area contributed by atoms with Crippen molar-refractivity contribution in [3.8, 4) is 0 Å². The van der Waals surface area contributed by atoms with Gasteiger partial charge in [-0.15, -0.1) is 0 Å². The molecule has 1 aliphatic heterocycles. The van der Waals surface area contributed by atoms with Crippen LogP contribution in [0, 0.1) is 0 Å². The Morgan fingerprint density at radius 3 is 1.90 bits per heavy atom. The highest BCUT2D eigenvalue weighted by molar-refractivity contribution is 7.86. The number of aliphatic hydroxyl groups is 3. The molecule has 1 aromatic carbocycles. The highest BCUT2D eigenvalue weighted by Crippen LogP contribution is 2.38. The van der Waals surface area contributed by atoms with Crippen LogP contribution < -0.4 is 0 Å². The molecule has 0 spiro atoms. The van der Waals surface area contributed by atoms with Crippen molar-refractivity contribution in [2.45, 2.75) is 48.0 Å². The van der Waals surface area contributed by atoms with Gasteiger partial charge in [-0.05, 0) is 18.2 Å². The summed E-state index contributed by atoms with van der Waals surface area (Å²) in [6, 6.07) is -0.445. The Hall–Kier alpha value is -1.49. The fraction of sp³-hybridized carbons (Fsp3) is 0.600. The quantitative estimate of drug-likeness (QED) is 0.429. The zero-order valence-corrected chi connectivity index (χ0v) is 15.7. The summed E-state index contributed by atoms with van der Waals surface area (Å²) in [5.74, 6) is 0. The Balaban J connectivity index is 2.50. The number of aliphatic hydroxyl groups excluding tert-OH is 3. The molecule has 1 aliphatic rings. The predicted molar refractivity (Wildman–Crippen MR) is 83.3 cm³/mol. The van der Waals surface area contributed by atoms with Crippen molar-refractivity contribution in [1.82, 2.24) is 0 Å². The zero-order valence-electron chi connectivity index (χ0n) is 14.9. The van der Waals surface area contributed by atoms with Crippen LogP contribution in [-0.4, -0.2) is 68.2 Å². The van der Waals surface area contributed by atoms with Gasteiger partial charge in [0.05, 0.1) is 22.6 Å². The molecule has 0 aliphatic carbocycles. The number of methoxy groups -OCH3 is 1. The third-order valence-corrected chi connectivity index (χ3v) is 5.43. The lowest BCUT2D eigenvalue weighted by atomic mass is 9.99. The first-order valence-electron chi connectivity index (χ1n) is 8.00. The number of rotatable bonds is 5. The van der Waals surface area contributed by atoms with Crippen molar-refractivity contribution in [2.24, 2.45) is 0 Å². The van der Waals surface area contributed by atoms with E-state index < -0.39 is 75.8 Å². The predicted octanol–water partition coefficient (Wildman–Crippen LogP) is 0.883. The van der Waals surface area contributed by atoms with E-state index in [4.69, 9.17) is 14.6 Å². The summed E-state index contributed by atoms with van der Waals surface area (Å²) in [5, 5.41) is 29.3. The maximum atomic E-state index is 13.0. The summed E-state index contributed by atoms with van der Waals surface area (Å²) in [5.41, 5.74) is -3.81. The Morgan fingerprint density at radius 1 is 1.00 bits per heavy atom. The fourth-order valence-corrected chi connectivity index (χ4v) is 3.81. The van der Waals surface area contributed by atoms with E-state index in [1.54, 1.807) is 0 Å². The average molecular weight is 470 g/mol. The van der Waals surface area contributed by atoms with Crippen LogP contribution in [0.2, 0.25) is 0 Å². The van der Waals surface area contributed by atoms with Gasteiger partial charge in [-0.3, -0.25) is 4.18 Å². The van der Waals surface area contributed by atoms with E-state index in [-0.39, 0.29) is 18.2 Å². The van der Waals surface area contributed by atoms with Crippen LogP contribution in [0.4, 0.5) is 26.3 Å². The summed E-state index contributed by atoms with van der Waals surface area (Å²) in [6.07, 6.45) is -19.9. The number of hydrogen-bond acceptors (Lipinski definition) is 8. The van der Waals surface area contributed by atoms with Gasteiger partial charge < -0.3 is 24.8 Å². The number of halogens is 6. The second kappa shape index (κ2) is 8.57. The minimum atomic E-state index is -5.37. The number of alkyl halides is 6. The van der Waals surface area contributed by atoms with E-state index in [1.807, 2.05) is 0 Å². The van der Waals surface area contributed by atoms with Crippen LogP contribution in [0.3, 0.4) is 0 Å². The summed E-state index contributed by atoms with van der Waals surface area (Å²) in [4.78, 5) is -1.51. The van der Waals surface area contributed by atoms with E-state index in [0.717, 1.165) is 7.11 Å². The van der Waals surface area contributed by atoms with Crippen molar-refractivity contribution in [3.63, 3.8) is 0 Å². The minimum absolute atomic E-state index is 0.0833. The molecular weight excluding hydrogens is 454 g/mol. The molecule has 8 nitrogen and oxygen atoms in total. The third kappa shape index (κ3) is 5.22. The van der Waals surface area contributed by atoms with Gasteiger partial charge in [0.2, 0.25) is 0 Å². The van der Waals surface area contributed by atoms with Crippen molar-refractivity contribution >= 4 is 10.1 Å². The third-order valence-electron chi connectivity index (χ3n) is 4.14. The first-order valence-corrected chi connectivity index (χ1v) is 9.40. The van der Waals surface area contributed by atoms with Crippen LogP contribution >= 0.6 is 0 Å². The standard InChI is InChI=1S/C15H16F6O8S/c1-27-13-11(24)12(10(23)9(5-22)28-13)29-30(25,26)8-3-6(14(16,17)18)2-7(4-8)15(19,20)21/h2-4,9-13,22-24H,5H2,1H3/t9-,10+,11-,12+,13-/m1/s1. The summed E-state index contributed by atoms with van der Waals surface area (Å²) < 4.78 is 117. The van der Waals surface area contributed by atoms with Gasteiger partial charge in [0.15, 0.2) is 6.29 Å². The van der Waals surface area contributed by atoms with E-state index in [1.165, 1.54) is 0 Å². The largest absolute Gasteiger partial charge is 0.416 e. The van der Waals surface area contributed by atoms with E-state index in [2.05, 4.69) is 4.18 Å². The SMILES string of the molecule is CO[C@@H]1O[C@H](CO)[C@H](O)[C@H](OS(=O)(=O)c2cc(C(F)(F)F)cc(C(F)(F)F)c2)[C@H]1O. The minimum Gasteiger partial charge on any atom is -0.394 e. The molecular formula is C15H16F6O8S. The smallest absolute Gasteiger partial charge is 0.394 e. The maximum Gasteiger partial charge on any atom is 0.416 e. The summed E-state index contributed by atoms with van der Waals surface area (Å²) in [6.45, 7) is -0.893. The number of hydrogen-bond donors (Lipinski definition) is 3. The van der Waals surface area contributed by atoms with Gasteiger partial charge >= 0.3 is 12.4 Å². The monoisotopic (exact) mass is 470 g/mol. The van der Waals surface area contributed by atoms with Crippen molar-refractivity contribution in [3.05, 3.63) is 29.3 Å². The molecule has 0 unspecified atom stereocenters. The molecule has 0 amide bonds.